The number of aryl methyl sites for hydroxylation is 1. The van der Waals surface area contributed by atoms with E-state index < -0.39 is 21.4 Å². The molecular weight excluding hydrogens is 440 g/mol. The standard InChI is InChI=1S/C24H24N4O4S/c1-19-18-22(29)23(25-28(19)21-10-6-3-7-11-21)24(30)26-13-15-27(16-14-26)33(31,32)17-12-20-8-4-2-5-9-20/h2-12,17-18H,13-16H2,1H3/b17-12+. The highest BCUT2D eigenvalue weighted by molar-refractivity contribution is 7.92. The van der Waals surface area contributed by atoms with Gasteiger partial charge in [0.2, 0.25) is 15.5 Å². The lowest BCUT2D eigenvalue weighted by molar-refractivity contribution is 0.0689. The zero-order valence-corrected chi connectivity index (χ0v) is 19.0. The molecular formula is C24H24N4O4S. The van der Waals surface area contributed by atoms with Crippen LogP contribution in [0.25, 0.3) is 11.8 Å². The van der Waals surface area contributed by atoms with E-state index in [1.807, 2.05) is 60.7 Å². The SMILES string of the molecule is Cc1cc(=O)c(C(=O)N2CCN(S(=O)(=O)/C=C/c3ccccc3)CC2)nn1-c1ccccc1. The van der Waals surface area contributed by atoms with Crippen LogP contribution >= 0.6 is 0 Å². The van der Waals surface area contributed by atoms with Crippen molar-refractivity contribution < 1.29 is 13.2 Å². The minimum atomic E-state index is -3.62. The molecule has 0 atom stereocenters. The number of piperazine rings is 1. The van der Waals surface area contributed by atoms with Crippen molar-refractivity contribution in [2.45, 2.75) is 6.92 Å². The van der Waals surface area contributed by atoms with Gasteiger partial charge in [0.1, 0.15) is 0 Å². The summed E-state index contributed by atoms with van der Waals surface area (Å²) >= 11 is 0. The largest absolute Gasteiger partial charge is 0.334 e. The van der Waals surface area contributed by atoms with Gasteiger partial charge in [0, 0.05) is 43.3 Å². The summed E-state index contributed by atoms with van der Waals surface area (Å²) in [7, 11) is -3.62. The molecule has 1 fully saturated rings. The lowest BCUT2D eigenvalue weighted by Gasteiger charge is -2.33. The molecule has 1 saturated heterocycles. The number of hydrogen-bond donors (Lipinski definition) is 0. The third-order valence-electron chi connectivity index (χ3n) is 5.43. The number of aromatic nitrogens is 2. The highest BCUT2D eigenvalue weighted by Gasteiger charge is 2.29. The fourth-order valence-corrected chi connectivity index (χ4v) is 4.81. The molecule has 1 aliphatic heterocycles. The van der Waals surface area contributed by atoms with Crippen LogP contribution in [0.1, 0.15) is 21.7 Å². The summed E-state index contributed by atoms with van der Waals surface area (Å²) in [5.74, 6) is -0.499. The summed E-state index contributed by atoms with van der Waals surface area (Å²) in [5, 5.41) is 5.50. The number of amides is 1. The van der Waals surface area contributed by atoms with Gasteiger partial charge in [-0.2, -0.15) is 9.40 Å². The summed E-state index contributed by atoms with van der Waals surface area (Å²) in [6.07, 6.45) is 1.55. The fourth-order valence-electron chi connectivity index (χ4n) is 3.64. The number of para-hydroxylation sites is 1. The van der Waals surface area contributed by atoms with Crippen molar-refractivity contribution in [3.63, 3.8) is 0 Å². The predicted octanol–water partition coefficient (Wildman–Crippen LogP) is 2.30. The Morgan fingerprint density at radius 1 is 0.939 bits per heavy atom. The molecule has 33 heavy (non-hydrogen) atoms. The van der Waals surface area contributed by atoms with Crippen molar-refractivity contribution in [3.05, 3.63) is 99.3 Å². The summed E-state index contributed by atoms with van der Waals surface area (Å²) in [5.41, 5.74) is 1.51. The maximum Gasteiger partial charge on any atom is 0.278 e. The molecule has 2 aromatic carbocycles. The number of nitrogens with zero attached hydrogens (tertiary/aromatic N) is 4. The van der Waals surface area contributed by atoms with Crippen LogP contribution in [0.5, 0.6) is 0 Å². The molecule has 3 aromatic rings. The molecule has 0 spiro atoms. The Labute approximate surface area is 192 Å². The quantitative estimate of drug-likeness (QED) is 0.578. The van der Waals surface area contributed by atoms with Gasteiger partial charge in [0.25, 0.3) is 5.91 Å². The van der Waals surface area contributed by atoms with Gasteiger partial charge in [-0.15, -0.1) is 0 Å². The lowest BCUT2D eigenvalue weighted by atomic mass is 10.2. The molecule has 1 aromatic heterocycles. The van der Waals surface area contributed by atoms with Crippen molar-refractivity contribution in [1.29, 1.82) is 0 Å². The second-order valence-corrected chi connectivity index (χ2v) is 9.51. The summed E-state index contributed by atoms with van der Waals surface area (Å²) in [6.45, 7) is 2.40. The molecule has 0 aliphatic carbocycles. The van der Waals surface area contributed by atoms with Crippen LogP contribution in [0.2, 0.25) is 0 Å². The van der Waals surface area contributed by atoms with Crippen LogP contribution in [0.4, 0.5) is 0 Å². The molecule has 1 amide bonds. The maximum absolute atomic E-state index is 13.1. The first kappa shape index (κ1) is 22.6. The Morgan fingerprint density at radius 3 is 2.18 bits per heavy atom. The minimum absolute atomic E-state index is 0.145. The molecule has 9 heteroatoms. The number of benzene rings is 2. The molecule has 0 N–H and O–H groups in total. The zero-order chi connectivity index (χ0) is 23.4. The minimum Gasteiger partial charge on any atom is -0.334 e. The predicted molar refractivity (Wildman–Crippen MR) is 126 cm³/mol. The van der Waals surface area contributed by atoms with Gasteiger partial charge < -0.3 is 4.90 Å². The van der Waals surface area contributed by atoms with Crippen LogP contribution < -0.4 is 5.43 Å². The van der Waals surface area contributed by atoms with Crippen molar-refractivity contribution >= 4 is 22.0 Å². The lowest BCUT2D eigenvalue weighted by Crippen LogP contribution is -2.51. The van der Waals surface area contributed by atoms with Crippen LogP contribution in [-0.2, 0) is 10.0 Å². The normalized spacial score (nSPS) is 15.1. The Balaban J connectivity index is 1.48. The Kier molecular flexibility index (Phi) is 6.52. The van der Waals surface area contributed by atoms with E-state index in [1.54, 1.807) is 17.7 Å². The molecule has 0 unspecified atom stereocenters. The van der Waals surface area contributed by atoms with Crippen molar-refractivity contribution in [2.75, 3.05) is 26.2 Å². The van der Waals surface area contributed by atoms with E-state index in [2.05, 4.69) is 5.10 Å². The second-order valence-electron chi connectivity index (χ2n) is 7.70. The smallest absolute Gasteiger partial charge is 0.278 e. The van der Waals surface area contributed by atoms with E-state index in [4.69, 9.17) is 0 Å². The average Bonchev–Trinajstić information content (AvgIpc) is 2.84. The van der Waals surface area contributed by atoms with E-state index in [1.165, 1.54) is 20.7 Å². The first-order valence-corrected chi connectivity index (χ1v) is 12.0. The molecule has 2 heterocycles. The first-order valence-electron chi connectivity index (χ1n) is 10.5. The number of rotatable bonds is 5. The van der Waals surface area contributed by atoms with Gasteiger partial charge in [-0.25, -0.2) is 13.1 Å². The average molecular weight is 465 g/mol. The number of sulfonamides is 1. The number of carbonyl (C=O) groups is 1. The summed E-state index contributed by atoms with van der Waals surface area (Å²) in [6, 6.07) is 19.8. The molecule has 170 valence electrons. The van der Waals surface area contributed by atoms with Gasteiger partial charge in [-0.3, -0.25) is 9.59 Å². The Bertz CT molecular complexity index is 1330. The first-order chi connectivity index (χ1) is 15.8. The van der Waals surface area contributed by atoms with Gasteiger partial charge in [0.15, 0.2) is 5.69 Å². The van der Waals surface area contributed by atoms with Crippen LogP contribution in [0.15, 0.2) is 76.9 Å². The van der Waals surface area contributed by atoms with Crippen LogP contribution in [0, 0.1) is 6.92 Å². The monoisotopic (exact) mass is 464 g/mol. The van der Waals surface area contributed by atoms with E-state index in [9.17, 15) is 18.0 Å². The molecule has 0 radical (unpaired) electrons. The van der Waals surface area contributed by atoms with Crippen molar-refractivity contribution in [3.8, 4) is 5.69 Å². The van der Waals surface area contributed by atoms with E-state index in [0.717, 1.165) is 11.3 Å². The van der Waals surface area contributed by atoms with E-state index in [0.29, 0.717) is 5.69 Å². The zero-order valence-electron chi connectivity index (χ0n) is 18.2. The molecule has 0 saturated carbocycles. The Hall–Kier alpha value is -3.56. The van der Waals surface area contributed by atoms with Gasteiger partial charge >= 0.3 is 0 Å². The van der Waals surface area contributed by atoms with E-state index in [-0.39, 0.29) is 31.9 Å². The van der Waals surface area contributed by atoms with Gasteiger partial charge in [-0.1, -0.05) is 48.5 Å². The van der Waals surface area contributed by atoms with Gasteiger partial charge in [0.05, 0.1) is 5.69 Å². The molecule has 8 nitrogen and oxygen atoms in total. The molecule has 0 bridgehead atoms. The third kappa shape index (κ3) is 5.10. The van der Waals surface area contributed by atoms with Crippen LogP contribution in [-0.4, -0.2) is 59.5 Å². The summed E-state index contributed by atoms with van der Waals surface area (Å²) < 4.78 is 28.2. The topological polar surface area (TPSA) is 92.6 Å². The van der Waals surface area contributed by atoms with Crippen molar-refractivity contribution in [2.24, 2.45) is 0 Å². The highest BCUT2D eigenvalue weighted by atomic mass is 32.2. The summed E-state index contributed by atoms with van der Waals surface area (Å²) in [4.78, 5) is 27.0. The van der Waals surface area contributed by atoms with Gasteiger partial charge in [-0.05, 0) is 30.7 Å². The Morgan fingerprint density at radius 2 is 1.55 bits per heavy atom. The number of hydrogen-bond acceptors (Lipinski definition) is 5. The maximum atomic E-state index is 13.1. The fraction of sp³-hybridized carbons (Fsp3) is 0.208. The van der Waals surface area contributed by atoms with Crippen LogP contribution in [0.3, 0.4) is 0 Å². The number of carbonyl (C=O) groups excluding carboxylic acids is 1. The molecule has 4 rings (SSSR count). The van der Waals surface area contributed by atoms with Crippen molar-refractivity contribution in [1.82, 2.24) is 19.0 Å². The molecule has 1 aliphatic rings. The third-order valence-corrected chi connectivity index (χ3v) is 6.99. The van der Waals surface area contributed by atoms with E-state index >= 15 is 0 Å². The highest BCUT2D eigenvalue weighted by Crippen LogP contribution is 2.14. The second kappa shape index (κ2) is 9.51.